The van der Waals surface area contributed by atoms with Gasteiger partial charge in [-0.25, -0.2) is 4.98 Å². The standard InChI is InChI=1S/C8H6F2N2O/c9-8(10)13-6-2-4-12-7-5(6)1-3-11-7/h1-4,8H,(H,11,12). The topological polar surface area (TPSA) is 37.9 Å². The van der Waals surface area contributed by atoms with Crippen molar-refractivity contribution in [3.05, 3.63) is 24.5 Å². The molecule has 68 valence electrons. The van der Waals surface area contributed by atoms with Crippen molar-refractivity contribution in [3.63, 3.8) is 0 Å². The summed E-state index contributed by atoms with van der Waals surface area (Å²) in [5.41, 5.74) is 0.540. The molecule has 0 aromatic carbocycles. The van der Waals surface area contributed by atoms with Crippen molar-refractivity contribution in [2.45, 2.75) is 6.61 Å². The third-order valence-corrected chi connectivity index (χ3v) is 1.64. The molecule has 0 saturated carbocycles. The van der Waals surface area contributed by atoms with E-state index in [1.165, 1.54) is 12.3 Å². The van der Waals surface area contributed by atoms with Crippen LogP contribution in [0.25, 0.3) is 11.0 Å². The summed E-state index contributed by atoms with van der Waals surface area (Å²) in [5.74, 6) is 0.140. The molecule has 2 aromatic heterocycles. The summed E-state index contributed by atoms with van der Waals surface area (Å²) in [6.07, 6.45) is 3.03. The SMILES string of the molecule is FC(F)Oc1ccnc2[nH]ccc12. The van der Waals surface area contributed by atoms with Gasteiger partial charge in [-0.05, 0) is 12.1 Å². The van der Waals surface area contributed by atoms with Crippen LogP contribution in [0.4, 0.5) is 8.78 Å². The predicted molar refractivity (Wildman–Crippen MR) is 42.7 cm³/mol. The van der Waals surface area contributed by atoms with Gasteiger partial charge in [0, 0.05) is 12.4 Å². The number of halogens is 2. The molecule has 0 spiro atoms. The second-order valence-electron chi connectivity index (χ2n) is 2.43. The van der Waals surface area contributed by atoms with Crippen molar-refractivity contribution in [2.24, 2.45) is 0 Å². The number of pyridine rings is 1. The van der Waals surface area contributed by atoms with E-state index in [2.05, 4.69) is 14.7 Å². The molecule has 0 aliphatic carbocycles. The first-order chi connectivity index (χ1) is 6.27. The summed E-state index contributed by atoms with van der Waals surface area (Å²) in [6.45, 7) is -2.81. The maximum atomic E-state index is 11.9. The Morgan fingerprint density at radius 1 is 1.38 bits per heavy atom. The number of hydrogen-bond acceptors (Lipinski definition) is 2. The zero-order chi connectivity index (χ0) is 9.26. The van der Waals surface area contributed by atoms with Crippen LogP contribution >= 0.6 is 0 Å². The van der Waals surface area contributed by atoms with Crippen molar-refractivity contribution in [1.82, 2.24) is 9.97 Å². The Morgan fingerprint density at radius 2 is 2.23 bits per heavy atom. The molecule has 2 aromatic rings. The van der Waals surface area contributed by atoms with Crippen LogP contribution in [0.3, 0.4) is 0 Å². The van der Waals surface area contributed by atoms with E-state index in [-0.39, 0.29) is 5.75 Å². The van der Waals surface area contributed by atoms with Gasteiger partial charge in [-0.1, -0.05) is 0 Å². The molecule has 0 unspecified atom stereocenters. The van der Waals surface area contributed by atoms with Gasteiger partial charge >= 0.3 is 6.61 Å². The van der Waals surface area contributed by atoms with E-state index in [1.807, 2.05) is 0 Å². The van der Waals surface area contributed by atoms with E-state index < -0.39 is 6.61 Å². The minimum Gasteiger partial charge on any atom is -0.434 e. The van der Waals surface area contributed by atoms with E-state index in [9.17, 15) is 8.78 Å². The lowest BCUT2D eigenvalue weighted by atomic mass is 10.3. The second-order valence-corrected chi connectivity index (χ2v) is 2.43. The number of fused-ring (bicyclic) bond motifs is 1. The molecule has 5 heteroatoms. The zero-order valence-electron chi connectivity index (χ0n) is 6.50. The number of H-pyrrole nitrogens is 1. The average molecular weight is 184 g/mol. The third-order valence-electron chi connectivity index (χ3n) is 1.64. The predicted octanol–water partition coefficient (Wildman–Crippen LogP) is 2.16. The Hall–Kier alpha value is -1.65. The Labute approximate surface area is 72.4 Å². The summed E-state index contributed by atoms with van der Waals surface area (Å²) in [5, 5.41) is 0.558. The van der Waals surface area contributed by atoms with E-state index in [4.69, 9.17) is 0 Å². The Morgan fingerprint density at radius 3 is 3.00 bits per heavy atom. The molecule has 0 atom stereocenters. The van der Waals surface area contributed by atoms with Gasteiger partial charge in [0.15, 0.2) is 0 Å². The first-order valence-electron chi connectivity index (χ1n) is 3.64. The number of nitrogens with one attached hydrogen (secondary N) is 1. The molecule has 0 aliphatic rings. The highest BCUT2D eigenvalue weighted by Crippen LogP contribution is 2.23. The van der Waals surface area contributed by atoms with Crippen LogP contribution in [-0.4, -0.2) is 16.6 Å². The number of rotatable bonds is 2. The van der Waals surface area contributed by atoms with Crippen molar-refractivity contribution in [1.29, 1.82) is 0 Å². The molecule has 0 saturated heterocycles. The normalized spacial score (nSPS) is 11.0. The van der Waals surface area contributed by atoms with Gasteiger partial charge in [-0.2, -0.15) is 8.78 Å². The van der Waals surface area contributed by atoms with Gasteiger partial charge in [0.2, 0.25) is 0 Å². The Kier molecular flexibility index (Phi) is 1.84. The maximum Gasteiger partial charge on any atom is 0.387 e. The van der Waals surface area contributed by atoms with Gasteiger partial charge in [-0.15, -0.1) is 0 Å². The molecule has 0 bridgehead atoms. The van der Waals surface area contributed by atoms with Crippen molar-refractivity contribution >= 4 is 11.0 Å². The lowest BCUT2D eigenvalue weighted by Crippen LogP contribution is -2.02. The minimum absolute atomic E-state index is 0.140. The van der Waals surface area contributed by atoms with Crippen LogP contribution in [0.1, 0.15) is 0 Å². The molecule has 3 nitrogen and oxygen atoms in total. The fourth-order valence-corrected chi connectivity index (χ4v) is 1.13. The smallest absolute Gasteiger partial charge is 0.387 e. The highest BCUT2D eigenvalue weighted by molar-refractivity contribution is 5.82. The molecule has 0 fully saturated rings. The van der Waals surface area contributed by atoms with Crippen molar-refractivity contribution in [2.75, 3.05) is 0 Å². The van der Waals surface area contributed by atoms with E-state index in [0.717, 1.165) is 0 Å². The van der Waals surface area contributed by atoms with Gasteiger partial charge in [0.25, 0.3) is 0 Å². The number of hydrogen-bond donors (Lipinski definition) is 1. The molecule has 1 N–H and O–H groups in total. The third kappa shape index (κ3) is 1.44. The van der Waals surface area contributed by atoms with E-state index in [0.29, 0.717) is 11.0 Å². The number of nitrogens with zero attached hydrogens (tertiary/aromatic N) is 1. The quantitative estimate of drug-likeness (QED) is 0.776. The first kappa shape index (κ1) is 7.97. The molecule has 13 heavy (non-hydrogen) atoms. The minimum atomic E-state index is -2.81. The molecule has 2 rings (SSSR count). The first-order valence-corrected chi connectivity index (χ1v) is 3.64. The average Bonchev–Trinajstić information content (AvgIpc) is 2.51. The molecular formula is C8H6F2N2O. The molecule has 0 amide bonds. The number of aromatic amines is 1. The number of alkyl halides is 2. The van der Waals surface area contributed by atoms with E-state index in [1.54, 1.807) is 12.3 Å². The monoisotopic (exact) mass is 184 g/mol. The summed E-state index contributed by atoms with van der Waals surface area (Å²) >= 11 is 0. The molecular weight excluding hydrogens is 178 g/mol. The highest BCUT2D eigenvalue weighted by atomic mass is 19.3. The van der Waals surface area contributed by atoms with Crippen molar-refractivity contribution < 1.29 is 13.5 Å². The molecule has 0 aliphatic heterocycles. The van der Waals surface area contributed by atoms with Gasteiger partial charge < -0.3 is 9.72 Å². The number of aromatic nitrogens is 2. The Balaban J connectivity index is 2.48. The van der Waals surface area contributed by atoms with Gasteiger partial charge in [0.1, 0.15) is 11.4 Å². The van der Waals surface area contributed by atoms with Crippen LogP contribution in [0, 0.1) is 0 Å². The van der Waals surface area contributed by atoms with Crippen LogP contribution in [-0.2, 0) is 0 Å². The second kappa shape index (κ2) is 3.01. The Bertz CT molecular complexity index is 413. The highest BCUT2D eigenvalue weighted by Gasteiger charge is 2.08. The lowest BCUT2D eigenvalue weighted by Gasteiger charge is -2.04. The van der Waals surface area contributed by atoms with Crippen molar-refractivity contribution in [3.8, 4) is 5.75 Å². The fourth-order valence-electron chi connectivity index (χ4n) is 1.13. The summed E-state index contributed by atoms with van der Waals surface area (Å²) in [4.78, 5) is 6.73. The lowest BCUT2D eigenvalue weighted by molar-refractivity contribution is -0.0488. The largest absolute Gasteiger partial charge is 0.434 e. The molecule has 2 heterocycles. The molecule has 0 radical (unpaired) electrons. The van der Waals surface area contributed by atoms with Gasteiger partial charge in [-0.3, -0.25) is 0 Å². The number of ether oxygens (including phenoxy) is 1. The van der Waals surface area contributed by atoms with E-state index >= 15 is 0 Å². The summed E-state index contributed by atoms with van der Waals surface area (Å²) in [6, 6.07) is 3.04. The van der Waals surface area contributed by atoms with Crippen LogP contribution < -0.4 is 4.74 Å². The van der Waals surface area contributed by atoms with Gasteiger partial charge in [0.05, 0.1) is 5.39 Å². The summed E-state index contributed by atoms with van der Waals surface area (Å²) < 4.78 is 28.1. The van der Waals surface area contributed by atoms with Crippen LogP contribution in [0.15, 0.2) is 24.5 Å². The van der Waals surface area contributed by atoms with Crippen LogP contribution in [0.5, 0.6) is 5.75 Å². The van der Waals surface area contributed by atoms with Crippen LogP contribution in [0.2, 0.25) is 0 Å². The summed E-state index contributed by atoms with van der Waals surface area (Å²) in [7, 11) is 0. The zero-order valence-corrected chi connectivity index (χ0v) is 6.50. The fraction of sp³-hybridized carbons (Fsp3) is 0.125. The maximum absolute atomic E-state index is 11.9.